The molecule has 580 valence electrons. The number of aliphatic hydroxyl groups is 2. The zero-order valence-corrected chi connectivity index (χ0v) is 66.8. The predicted octanol–water partition coefficient (Wildman–Crippen LogP) is 9.51. The SMILES string of the molecule is C1CC2(CC[NH2+]1)OOC1(O2)C2CC3CC(C2)CC1C3.CN(C)c1ccc2nccc(Cl)c2c1.CN(C)c1ccc2nccc(NCCBr)c2c1.CN(C)c1ccc2nccc(NCCN3CCC4(CC3)OOC3(O4)C4CC5CC(C4)CC3C5)c2c1.CN(C)c1ccc2nccc(NCCO)c2c1.NCCO.[Cl-]. The van der Waals surface area contributed by atoms with Gasteiger partial charge in [-0.15, -0.1) is 0 Å². The summed E-state index contributed by atoms with van der Waals surface area (Å²) < 4.78 is 13.4. The molecule has 0 atom stereocenters. The molecule has 4 spiro atoms. The van der Waals surface area contributed by atoms with E-state index in [-0.39, 0.29) is 31.4 Å². The molecule has 8 aliphatic carbocycles. The number of hydrogen-bond donors (Lipinski definition) is 7. The highest BCUT2D eigenvalue weighted by Gasteiger charge is 2.68. The van der Waals surface area contributed by atoms with Gasteiger partial charge in [0.1, 0.15) is 0 Å². The van der Waals surface area contributed by atoms with Crippen LogP contribution in [0.3, 0.4) is 0 Å². The van der Waals surface area contributed by atoms with E-state index in [1.807, 2.05) is 108 Å². The Balaban J connectivity index is 0.000000129. The van der Waals surface area contributed by atoms with Crippen LogP contribution in [-0.2, 0) is 29.0 Å². The van der Waals surface area contributed by atoms with Crippen LogP contribution in [-0.4, -0.2) is 192 Å². The Hall–Kier alpha value is -6.26. The highest BCUT2D eigenvalue weighted by molar-refractivity contribution is 9.09. The highest BCUT2D eigenvalue weighted by Crippen LogP contribution is 2.65. The minimum Gasteiger partial charge on any atom is -1.00 e. The lowest BCUT2D eigenvalue weighted by atomic mass is 9.53. The molecule has 0 unspecified atom stereocenters. The number of benzene rings is 4. The van der Waals surface area contributed by atoms with Gasteiger partial charge in [-0.2, -0.15) is 19.6 Å². The maximum absolute atomic E-state index is 8.86. The first-order chi connectivity index (χ1) is 51.3. The van der Waals surface area contributed by atoms with Crippen LogP contribution in [0, 0.1) is 47.3 Å². The number of pyridine rings is 4. The van der Waals surface area contributed by atoms with E-state index in [2.05, 4.69) is 139 Å². The summed E-state index contributed by atoms with van der Waals surface area (Å²) in [4.78, 5) is 52.4. The molecule has 22 nitrogen and oxygen atoms in total. The fourth-order valence-corrected chi connectivity index (χ4v) is 18.8. The molecule has 12 aliphatic rings. The molecular formula is C82H113BrCl2N14O8. The summed E-state index contributed by atoms with van der Waals surface area (Å²) in [6.45, 7) is 8.09. The van der Waals surface area contributed by atoms with Crippen LogP contribution >= 0.6 is 27.5 Å². The van der Waals surface area contributed by atoms with Crippen molar-refractivity contribution in [1.82, 2.24) is 24.8 Å². The molecule has 0 radical (unpaired) electrons. The van der Waals surface area contributed by atoms with E-state index in [9.17, 15) is 0 Å². The largest absolute Gasteiger partial charge is 1.00 e. The molecular weight excluding hydrogens is 1460 g/mol. The van der Waals surface area contributed by atoms with Crippen LogP contribution in [0.1, 0.15) is 89.9 Å². The summed E-state index contributed by atoms with van der Waals surface area (Å²) in [6.07, 6.45) is 24.1. The molecule has 8 heterocycles. The number of aromatic nitrogens is 4. The number of piperidine rings is 2. The molecule has 4 aromatic carbocycles. The Kier molecular flexibility index (Phi) is 26.9. The van der Waals surface area contributed by atoms with Crippen molar-refractivity contribution >= 4 is 111 Å². The van der Waals surface area contributed by atoms with Crippen molar-refractivity contribution < 1.29 is 57.0 Å². The van der Waals surface area contributed by atoms with E-state index in [4.69, 9.17) is 56.6 Å². The lowest BCUT2D eigenvalue weighted by molar-refractivity contribution is -0.674. The van der Waals surface area contributed by atoms with Crippen molar-refractivity contribution in [3.8, 4) is 0 Å². The topological polar surface area (TPSA) is 242 Å². The van der Waals surface area contributed by atoms with Crippen molar-refractivity contribution in [2.45, 2.75) is 113 Å². The fraction of sp³-hybridized carbons (Fsp3) is 0.561. The highest BCUT2D eigenvalue weighted by atomic mass is 79.9. The zero-order chi connectivity index (χ0) is 74.2. The van der Waals surface area contributed by atoms with E-state index < -0.39 is 17.4 Å². The number of hydrogen-bond acceptors (Lipinski definition) is 21. The van der Waals surface area contributed by atoms with Gasteiger partial charge >= 0.3 is 0 Å². The second-order valence-corrected chi connectivity index (χ2v) is 32.8. The first-order valence-electron chi connectivity index (χ1n) is 38.6. The number of ether oxygens (including phenoxy) is 2. The van der Waals surface area contributed by atoms with Crippen LogP contribution in [0.5, 0.6) is 0 Å². The summed E-state index contributed by atoms with van der Waals surface area (Å²) >= 11 is 9.50. The van der Waals surface area contributed by atoms with Gasteiger partial charge in [-0.05, 0) is 185 Å². The minimum absolute atomic E-state index is 0. The predicted molar refractivity (Wildman–Crippen MR) is 430 cm³/mol. The number of rotatable bonds is 15. The van der Waals surface area contributed by atoms with Gasteiger partial charge in [-0.1, -0.05) is 27.5 Å². The summed E-state index contributed by atoms with van der Waals surface area (Å²) in [6, 6.07) is 32.8. The van der Waals surface area contributed by atoms with Gasteiger partial charge < -0.3 is 83.6 Å². The van der Waals surface area contributed by atoms with Crippen LogP contribution in [0.15, 0.2) is 122 Å². The third-order valence-electron chi connectivity index (χ3n) is 23.6. The molecule has 4 aliphatic heterocycles. The molecule has 107 heavy (non-hydrogen) atoms. The van der Waals surface area contributed by atoms with Gasteiger partial charge in [0.15, 0.2) is 0 Å². The standard InChI is InChI=1S/C28H38N4O3.C15H23NO3.C13H16BrN3.C13H17N3O.C11H11ClN2.C2H7NO.ClH/c1-31(2)23-3-4-25-24(18-23)26(5-8-29-25)30-9-12-32-10-6-27(7-11-32)33-28(35-34-27)21-14-19-13-20(16-21)17-22(28)15-19;1-3-16-4-2-14(1)17-15(19-18-14)12-6-10-5-11(8-12)9-13(15)7-10;1-17(2)10-3-4-12-11(9-10)13(5-7-15-12)16-8-6-14;1-16(2)10-3-4-12-11(9-10)13(5-6-14-12)15-7-8-17;1-14(2)8-3-4-11-9(7-8)10(12)5-6-13-11;3-1-2-4;/h3-5,8,18-22H,6-7,9-17H2,1-2H3,(H,29,30);10-13,16H,1-9H2;3-5,7,9H,6,8H2,1-2H3,(H,15,16);3-6,9,17H,7-8H2,1-2H3,(H,14,15);3-7H,1-2H3;4H,1-3H2;1H. The minimum atomic E-state index is -0.539. The normalized spacial score (nSPS) is 26.2. The van der Waals surface area contributed by atoms with Crippen molar-refractivity contribution in [2.75, 3.05) is 169 Å². The molecule has 8 aromatic rings. The van der Waals surface area contributed by atoms with Crippen LogP contribution in [0.25, 0.3) is 43.6 Å². The maximum Gasteiger partial charge on any atom is 0.215 e. The lowest BCUT2D eigenvalue weighted by Crippen LogP contribution is -3.00. The summed E-state index contributed by atoms with van der Waals surface area (Å²) in [5.41, 5.74) is 16.6. The number of quaternary nitrogens is 1. The molecule has 4 aromatic heterocycles. The third-order valence-corrected chi connectivity index (χ3v) is 24.3. The second-order valence-electron chi connectivity index (χ2n) is 31.6. The Morgan fingerprint density at radius 1 is 0.477 bits per heavy atom. The van der Waals surface area contributed by atoms with Gasteiger partial charge in [-0.3, -0.25) is 19.9 Å². The molecule has 20 rings (SSSR count). The average Bonchev–Trinajstić information content (AvgIpc) is 1.61. The van der Waals surface area contributed by atoms with Crippen molar-refractivity contribution in [3.63, 3.8) is 0 Å². The number of nitrogens with two attached hydrogens (primary N) is 2. The fourth-order valence-electron chi connectivity index (χ4n) is 18.4. The Morgan fingerprint density at radius 2 is 0.822 bits per heavy atom. The number of anilines is 7. The number of halogens is 3. The van der Waals surface area contributed by atoms with Crippen LogP contribution in [0.2, 0.25) is 5.02 Å². The number of nitrogens with one attached hydrogen (secondary N) is 3. The number of aliphatic hydroxyl groups excluding tert-OH is 2. The van der Waals surface area contributed by atoms with Crippen molar-refractivity contribution in [3.05, 3.63) is 127 Å². The van der Waals surface area contributed by atoms with Gasteiger partial charge in [0.2, 0.25) is 23.1 Å². The number of likely N-dealkylation sites (tertiary alicyclic amines) is 1. The van der Waals surface area contributed by atoms with E-state index in [0.29, 0.717) is 36.8 Å². The average molecular weight is 1570 g/mol. The zero-order valence-electron chi connectivity index (χ0n) is 63.7. The number of fused-ring (bicyclic) bond motifs is 4. The van der Waals surface area contributed by atoms with E-state index in [0.717, 1.165) is 167 Å². The molecule has 0 amide bonds. The Labute approximate surface area is 651 Å². The first kappa shape index (κ1) is 80.3. The van der Waals surface area contributed by atoms with Gasteiger partial charge in [0.05, 0.1) is 66.2 Å². The summed E-state index contributed by atoms with van der Waals surface area (Å²) in [7, 11) is 16.3. The quantitative estimate of drug-likeness (QED) is 0.0373. The molecule has 8 bridgehead atoms. The van der Waals surface area contributed by atoms with E-state index in [1.165, 1.54) is 86.4 Å². The van der Waals surface area contributed by atoms with Crippen molar-refractivity contribution in [1.29, 1.82) is 0 Å². The molecule has 4 saturated heterocycles. The van der Waals surface area contributed by atoms with E-state index >= 15 is 0 Å². The third kappa shape index (κ3) is 18.2. The molecule has 8 saturated carbocycles. The molecule has 25 heteroatoms. The molecule has 9 N–H and O–H groups in total. The van der Waals surface area contributed by atoms with Gasteiger partial charge in [0, 0.05) is 230 Å². The van der Waals surface area contributed by atoms with Gasteiger partial charge in [-0.25, -0.2) is 0 Å². The molecule has 12 fully saturated rings. The smallest absolute Gasteiger partial charge is 0.215 e. The lowest BCUT2D eigenvalue weighted by Gasteiger charge is -2.57. The van der Waals surface area contributed by atoms with Gasteiger partial charge in [0.25, 0.3) is 0 Å². The number of nitrogens with zero attached hydrogens (tertiary/aromatic N) is 9. The van der Waals surface area contributed by atoms with Crippen LogP contribution in [0.4, 0.5) is 39.8 Å². The monoisotopic (exact) mass is 1570 g/mol. The van der Waals surface area contributed by atoms with Crippen molar-refractivity contribution in [2.24, 2.45) is 53.1 Å². The Morgan fingerprint density at radius 3 is 1.19 bits per heavy atom. The Bertz CT molecular complexity index is 4070. The van der Waals surface area contributed by atoms with Crippen LogP contribution < -0.4 is 59.0 Å². The summed E-state index contributed by atoms with van der Waals surface area (Å²) in [5, 5.41) is 35.3. The number of alkyl halides is 1. The maximum atomic E-state index is 8.86. The second kappa shape index (κ2) is 35.8. The first-order valence-corrected chi connectivity index (χ1v) is 40.1. The summed E-state index contributed by atoms with van der Waals surface area (Å²) in [5.74, 6) is 4.15. The van der Waals surface area contributed by atoms with E-state index in [1.54, 1.807) is 12.4 Å².